The third-order valence-electron chi connectivity index (χ3n) is 2.14. The Hall–Kier alpha value is -1.87. The van der Waals surface area contributed by atoms with Crippen LogP contribution < -0.4 is 0 Å². The minimum Gasteiger partial charge on any atom is -0.507 e. The van der Waals surface area contributed by atoms with Crippen molar-refractivity contribution in [2.24, 2.45) is 0 Å². The number of rotatable bonds is 3. The number of phenols is 1. The van der Waals surface area contributed by atoms with Crippen LogP contribution in [-0.2, 0) is 0 Å². The molecule has 0 fully saturated rings. The molecule has 1 N–H and O–H groups in total. The third kappa shape index (κ3) is 2.38. The van der Waals surface area contributed by atoms with Crippen molar-refractivity contribution in [3.8, 4) is 5.75 Å². The van der Waals surface area contributed by atoms with Crippen molar-refractivity contribution in [3.05, 3.63) is 58.3 Å². The first-order valence-corrected chi connectivity index (χ1v) is 5.74. The number of para-hydroxylation sites is 1. The molecule has 0 unspecified atom stereocenters. The Morgan fingerprint density at radius 3 is 2.75 bits per heavy atom. The van der Waals surface area contributed by atoms with E-state index in [1.165, 1.54) is 12.1 Å². The van der Waals surface area contributed by atoms with Crippen molar-refractivity contribution >= 4 is 23.2 Å². The Morgan fingerprint density at radius 1 is 1.25 bits per heavy atom. The van der Waals surface area contributed by atoms with Crippen LogP contribution >= 0.6 is 11.3 Å². The molecule has 1 aromatic carbocycles. The first-order chi connectivity index (χ1) is 7.77. The van der Waals surface area contributed by atoms with Crippen LogP contribution in [0.3, 0.4) is 0 Å². The van der Waals surface area contributed by atoms with Gasteiger partial charge in [-0.15, -0.1) is 0 Å². The van der Waals surface area contributed by atoms with E-state index in [4.69, 9.17) is 0 Å². The van der Waals surface area contributed by atoms with Gasteiger partial charge in [-0.2, -0.15) is 11.3 Å². The van der Waals surface area contributed by atoms with Crippen LogP contribution in [-0.4, -0.2) is 10.9 Å². The summed E-state index contributed by atoms with van der Waals surface area (Å²) in [6.45, 7) is 0. The standard InChI is InChI=1S/C13H10O2S/c14-12-4-2-1-3-11(12)13(15)6-5-10-7-8-16-9-10/h1-9,14H/b6-5+. The molecule has 0 aliphatic heterocycles. The topological polar surface area (TPSA) is 37.3 Å². The number of aromatic hydroxyl groups is 1. The third-order valence-corrected chi connectivity index (χ3v) is 2.84. The second-order valence-corrected chi connectivity index (χ2v) is 4.05. The summed E-state index contributed by atoms with van der Waals surface area (Å²) in [6.07, 6.45) is 3.21. The summed E-state index contributed by atoms with van der Waals surface area (Å²) in [6, 6.07) is 8.46. The zero-order valence-corrected chi connectivity index (χ0v) is 9.28. The van der Waals surface area contributed by atoms with Gasteiger partial charge in [-0.25, -0.2) is 0 Å². The van der Waals surface area contributed by atoms with Crippen molar-refractivity contribution in [2.45, 2.75) is 0 Å². The molecule has 0 spiro atoms. The van der Waals surface area contributed by atoms with Gasteiger partial charge < -0.3 is 5.11 Å². The van der Waals surface area contributed by atoms with Gasteiger partial charge >= 0.3 is 0 Å². The summed E-state index contributed by atoms with van der Waals surface area (Å²) >= 11 is 1.58. The highest BCUT2D eigenvalue weighted by molar-refractivity contribution is 7.08. The van der Waals surface area contributed by atoms with E-state index < -0.39 is 0 Å². The molecule has 0 amide bonds. The number of allylic oxidation sites excluding steroid dienone is 1. The van der Waals surface area contributed by atoms with Gasteiger partial charge in [0.2, 0.25) is 0 Å². The normalized spacial score (nSPS) is 10.8. The van der Waals surface area contributed by atoms with Gasteiger partial charge in [-0.1, -0.05) is 18.2 Å². The maximum atomic E-state index is 11.7. The number of ketones is 1. The monoisotopic (exact) mass is 230 g/mol. The molecule has 3 heteroatoms. The lowest BCUT2D eigenvalue weighted by Gasteiger charge is -1.98. The molecule has 2 aromatic rings. The Kier molecular flexibility index (Phi) is 3.17. The maximum Gasteiger partial charge on any atom is 0.189 e. The van der Waals surface area contributed by atoms with E-state index in [0.717, 1.165) is 5.56 Å². The number of thiophene rings is 1. The van der Waals surface area contributed by atoms with E-state index in [9.17, 15) is 9.90 Å². The fourth-order valence-corrected chi connectivity index (χ4v) is 1.94. The van der Waals surface area contributed by atoms with Crippen molar-refractivity contribution < 1.29 is 9.90 Å². The van der Waals surface area contributed by atoms with Gasteiger partial charge in [-0.05, 0) is 40.6 Å². The molecule has 80 valence electrons. The van der Waals surface area contributed by atoms with E-state index in [0.29, 0.717) is 5.56 Å². The summed E-state index contributed by atoms with van der Waals surface area (Å²) in [5.41, 5.74) is 1.32. The van der Waals surface area contributed by atoms with Gasteiger partial charge in [0.25, 0.3) is 0 Å². The lowest BCUT2D eigenvalue weighted by atomic mass is 10.1. The predicted molar refractivity (Wildman–Crippen MR) is 65.8 cm³/mol. The highest BCUT2D eigenvalue weighted by Crippen LogP contribution is 2.17. The number of hydrogen-bond acceptors (Lipinski definition) is 3. The highest BCUT2D eigenvalue weighted by Gasteiger charge is 2.06. The maximum absolute atomic E-state index is 11.7. The fourth-order valence-electron chi connectivity index (χ4n) is 1.31. The molecule has 0 bridgehead atoms. The lowest BCUT2D eigenvalue weighted by Crippen LogP contribution is -1.93. The van der Waals surface area contributed by atoms with Gasteiger partial charge in [-0.3, -0.25) is 4.79 Å². The SMILES string of the molecule is O=C(/C=C/c1ccsc1)c1ccccc1O. The van der Waals surface area contributed by atoms with Crippen LogP contribution in [0.5, 0.6) is 5.75 Å². The molecule has 0 atom stereocenters. The molecule has 0 aliphatic rings. The summed E-state index contributed by atoms with van der Waals surface area (Å²) in [5, 5.41) is 13.4. The molecule has 0 saturated heterocycles. The Balaban J connectivity index is 2.18. The van der Waals surface area contributed by atoms with Gasteiger partial charge in [0.15, 0.2) is 5.78 Å². The molecule has 1 heterocycles. The second-order valence-electron chi connectivity index (χ2n) is 3.27. The Morgan fingerprint density at radius 2 is 2.06 bits per heavy atom. The summed E-state index contributed by atoms with van der Waals surface area (Å²) in [7, 11) is 0. The molecule has 0 radical (unpaired) electrons. The zero-order valence-electron chi connectivity index (χ0n) is 8.46. The van der Waals surface area contributed by atoms with Crippen LogP contribution in [0.1, 0.15) is 15.9 Å². The zero-order chi connectivity index (χ0) is 11.4. The second kappa shape index (κ2) is 4.77. The fraction of sp³-hybridized carbons (Fsp3) is 0. The average Bonchev–Trinajstić information content (AvgIpc) is 2.79. The molecule has 0 saturated carbocycles. The van der Waals surface area contributed by atoms with Gasteiger partial charge in [0, 0.05) is 0 Å². The summed E-state index contributed by atoms with van der Waals surface area (Å²) in [5.74, 6) is -0.174. The molecule has 2 rings (SSSR count). The quantitative estimate of drug-likeness (QED) is 0.648. The van der Waals surface area contributed by atoms with Gasteiger partial charge in [0.1, 0.15) is 5.75 Å². The lowest BCUT2D eigenvalue weighted by molar-refractivity contribution is 0.104. The number of hydrogen-bond donors (Lipinski definition) is 1. The van der Waals surface area contributed by atoms with Crippen LogP contribution in [0.25, 0.3) is 6.08 Å². The summed E-state index contributed by atoms with van der Waals surface area (Å²) < 4.78 is 0. The minimum absolute atomic E-state index is 0.0162. The molecular formula is C13H10O2S. The minimum atomic E-state index is -0.190. The number of carbonyl (C=O) groups excluding carboxylic acids is 1. The number of benzene rings is 1. The largest absolute Gasteiger partial charge is 0.507 e. The first-order valence-electron chi connectivity index (χ1n) is 4.80. The molecular weight excluding hydrogens is 220 g/mol. The molecule has 1 aromatic heterocycles. The van der Waals surface area contributed by atoms with E-state index in [1.54, 1.807) is 35.6 Å². The van der Waals surface area contributed by atoms with Crippen LogP contribution in [0.15, 0.2) is 47.2 Å². The smallest absolute Gasteiger partial charge is 0.189 e. The highest BCUT2D eigenvalue weighted by atomic mass is 32.1. The Labute approximate surface area is 97.5 Å². The molecule has 0 aliphatic carbocycles. The average molecular weight is 230 g/mol. The number of carbonyl (C=O) groups is 1. The van der Waals surface area contributed by atoms with Crippen molar-refractivity contribution in [2.75, 3.05) is 0 Å². The first kappa shape index (κ1) is 10.6. The molecule has 16 heavy (non-hydrogen) atoms. The van der Waals surface area contributed by atoms with Crippen LogP contribution in [0, 0.1) is 0 Å². The van der Waals surface area contributed by atoms with Gasteiger partial charge in [0.05, 0.1) is 5.56 Å². The molecule has 2 nitrogen and oxygen atoms in total. The van der Waals surface area contributed by atoms with Crippen molar-refractivity contribution in [1.29, 1.82) is 0 Å². The number of phenolic OH excluding ortho intramolecular Hbond substituents is 1. The summed E-state index contributed by atoms with van der Waals surface area (Å²) in [4.78, 5) is 11.7. The van der Waals surface area contributed by atoms with Crippen LogP contribution in [0.4, 0.5) is 0 Å². The van der Waals surface area contributed by atoms with E-state index in [2.05, 4.69) is 0 Å². The Bertz CT molecular complexity index is 512. The van der Waals surface area contributed by atoms with Crippen LogP contribution in [0.2, 0.25) is 0 Å². The van der Waals surface area contributed by atoms with E-state index in [1.807, 2.05) is 16.8 Å². The van der Waals surface area contributed by atoms with E-state index in [-0.39, 0.29) is 11.5 Å². The van der Waals surface area contributed by atoms with E-state index >= 15 is 0 Å². The predicted octanol–water partition coefficient (Wildman–Crippen LogP) is 3.35. The van der Waals surface area contributed by atoms with Crippen molar-refractivity contribution in [1.82, 2.24) is 0 Å². The van der Waals surface area contributed by atoms with Crippen molar-refractivity contribution in [3.63, 3.8) is 0 Å².